The number of hydrogen-bond donors (Lipinski definition) is 0. The van der Waals surface area contributed by atoms with Crippen LogP contribution in [0.5, 0.6) is 0 Å². The number of benzene rings is 3. The quantitative estimate of drug-likeness (QED) is 0.408. The molecular formula is C21H14N2. The van der Waals surface area contributed by atoms with Crippen LogP contribution in [-0.2, 0) is 0 Å². The average molecular weight is 294 g/mol. The maximum Gasteiger partial charge on any atom is 0.0877 e. The summed E-state index contributed by atoms with van der Waals surface area (Å²) in [6.07, 6.45) is 2.14. The number of fused-ring (bicyclic) bond motifs is 2. The normalized spacial score (nSPS) is 12.6. The second kappa shape index (κ2) is 4.68. The molecule has 0 amide bonds. The minimum Gasteiger partial charge on any atom is -0.314 e. The molecule has 0 bridgehead atoms. The highest BCUT2D eigenvalue weighted by molar-refractivity contribution is 6.20. The Morgan fingerprint density at radius 2 is 1.52 bits per heavy atom. The monoisotopic (exact) mass is 294 g/mol. The Morgan fingerprint density at radius 1 is 0.696 bits per heavy atom. The number of hydrogen-bond acceptors (Lipinski definition) is 1. The Morgan fingerprint density at radius 3 is 2.43 bits per heavy atom. The Balaban J connectivity index is 1.95. The Hall–Kier alpha value is -3.13. The van der Waals surface area contributed by atoms with Crippen molar-refractivity contribution in [1.82, 2.24) is 4.57 Å². The van der Waals surface area contributed by atoms with E-state index >= 15 is 0 Å². The lowest BCUT2D eigenvalue weighted by Crippen LogP contribution is -2.03. The first kappa shape index (κ1) is 12.4. The Labute approximate surface area is 134 Å². The van der Waals surface area contributed by atoms with Crippen LogP contribution in [0, 0.1) is 0 Å². The van der Waals surface area contributed by atoms with Gasteiger partial charge < -0.3 is 4.57 Å². The minimum absolute atomic E-state index is 1.00. The average Bonchev–Trinajstić information content (AvgIpc) is 2.98. The molecule has 0 radical (unpaired) electrons. The van der Waals surface area contributed by atoms with Gasteiger partial charge in [-0.25, -0.2) is 4.99 Å². The molecule has 2 heterocycles. The van der Waals surface area contributed by atoms with Gasteiger partial charge in [-0.2, -0.15) is 0 Å². The number of nitrogens with zero attached hydrogens (tertiary/aromatic N) is 2. The summed E-state index contributed by atoms with van der Waals surface area (Å²) in [6.45, 7) is 0. The van der Waals surface area contributed by atoms with Gasteiger partial charge in [0.2, 0.25) is 0 Å². The van der Waals surface area contributed by atoms with E-state index < -0.39 is 0 Å². The first-order valence-corrected chi connectivity index (χ1v) is 7.76. The molecular weight excluding hydrogens is 280 g/mol. The topological polar surface area (TPSA) is 17.3 Å². The first-order chi connectivity index (χ1) is 11.4. The number of rotatable bonds is 1. The van der Waals surface area contributed by atoms with Gasteiger partial charge in [-0.3, -0.25) is 0 Å². The fourth-order valence-corrected chi connectivity index (χ4v) is 3.35. The smallest absolute Gasteiger partial charge is 0.0877 e. The van der Waals surface area contributed by atoms with Crippen molar-refractivity contribution in [2.75, 3.05) is 0 Å². The van der Waals surface area contributed by atoms with Gasteiger partial charge in [-0.1, -0.05) is 60.7 Å². The van der Waals surface area contributed by atoms with Gasteiger partial charge in [0, 0.05) is 22.7 Å². The maximum atomic E-state index is 5.02. The van der Waals surface area contributed by atoms with E-state index in [9.17, 15) is 0 Å². The van der Waals surface area contributed by atoms with Crippen LogP contribution in [0.25, 0.3) is 16.6 Å². The first-order valence-electron chi connectivity index (χ1n) is 7.76. The van der Waals surface area contributed by atoms with Gasteiger partial charge in [0.1, 0.15) is 0 Å². The molecule has 0 spiro atoms. The molecule has 23 heavy (non-hydrogen) atoms. The van der Waals surface area contributed by atoms with Crippen LogP contribution in [0.15, 0.2) is 90.1 Å². The molecule has 108 valence electrons. The number of para-hydroxylation sites is 3. The molecule has 0 N–H and O–H groups in total. The van der Waals surface area contributed by atoms with Crippen LogP contribution in [0.3, 0.4) is 0 Å². The highest BCUT2D eigenvalue weighted by Gasteiger charge is 2.19. The predicted octanol–water partition coefficient (Wildman–Crippen LogP) is 5.11. The van der Waals surface area contributed by atoms with Crippen molar-refractivity contribution in [1.29, 1.82) is 0 Å². The summed E-state index contributed by atoms with van der Waals surface area (Å²) in [5.74, 6) is 0. The number of aliphatic imine (C=N–C) groups is 1. The summed E-state index contributed by atoms with van der Waals surface area (Å²) in [4.78, 5) is 5.02. The summed E-state index contributed by atoms with van der Waals surface area (Å²) in [5, 5.41) is 1.24. The SMILES string of the molecule is c1ccc(C2=Nc3ccccc3-n3ccc4cccc2c43)cc1. The number of aromatic nitrogens is 1. The zero-order chi connectivity index (χ0) is 15.2. The molecule has 1 aliphatic rings. The molecule has 0 saturated heterocycles. The molecule has 1 aliphatic heterocycles. The lowest BCUT2D eigenvalue weighted by molar-refractivity contribution is 1.13. The summed E-state index contributed by atoms with van der Waals surface area (Å²) >= 11 is 0. The zero-order valence-electron chi connectivity index (χ0n) is 12.5. The van der Waals surface area contributed by atoms with Crippen molar-refractivity contribution in [3.05, 3.63) is 96.2 Å². The standard InChI is InChI=1S/C21H14N2/c1-2-7-15(8-3-1)20-17-10-6-9-16-13-14-23(21(16)17)19-12-5-4-11-18(19)22-20/h1-14H. The predicted molar refractivity (Wildman–Crippen MR) is 95.0 cm³/mol. The summed E-state index contributed by atoms with van der Waals surface area (Å²) in [6, 6.07) is 27.3. The van der Waals surface area contributed by atoms with Gasteiger partial charge in [0.05, 0.1) is 22.6 Å². The molecule has 1 aromatic heterocycles. The van der Waals surface area contributed by atoms with Crippen LogP contribution in [0.1, 0.15) is 11.1 Å². The van der Waals surface area contributed by atoms with E-state index in [1.54, 1.807) is 0 Å². The van der Waals surface area contributed by atoms with Crippen LogP contribution in [0.2, 0.25) is 0 Å². The van der Waals surface area contributed by atoms with Gasteiger partial charge in [0.15, 0.2) is 0 Å². The Bertz CT molecular complexity index is 1060. The second-order valence-electron chi connectivity index (χ2n) is 5.74. The molecule has 0 unspecified atom stereocenters. The van der Waals surface area contributed by atoms with E-state index in [0.29, 0.717) is 0 Å². The van der Waals surface area contributed by atoms with Crippen molar-refractivity contribution < 1.29 is 0 Å². The summed E-state index contributed by atoms with van der Waals surface area (Å²) < 4.78 is 2.25. The van der Waals surface area contributed by atoms with Crippen LogP contribution >= 0.6 is 0 Å². The molecule has 2 heteroatoms. The van der Waals surface area contributed by atoms with Gasteiger partial charge in [0.25, 0.3) is 0 Å². The zero-order valence-corrected chi connectivity index (χ0v) is 12.5. The molecule has 5 rings (SSSR count). The van der Waals surface area contributed by atoms with Crippen LogP contribution in [-0.4, -0.2) is 10.3 Å². The van der Waals surface area contributed by atoms with E-state index in [1.807, 2.05) is 12.1 Å². The summed E-state index contributed by atoms with van der Waals surface area (Å²) in [7, 11) is 0. The Kier molecular flexibility index (Phi) is 2.53. The third kappa shape index (κ3) is 1.78. The van der Waals surface area contributed by atoms with Crippen molar-refractivity contribution in [2.24, 2.45) is 4.99 Å². The lowest BCUT2D eigenvalue weighted by Gasteiger charge is -2.08. The van der Waals surface area contributed by atoms with Crippen molar-refractivity contribution >= 4 is 22.3 Å². The van der Waals surface area contributed by atoms with Crippen molar-refractivity contribution in [3.63, 3.8) is 0 Å². The van der Waals surface area contributed by atoms with E-state index in [4.69, 9.17) is 4.99 Å². The molecule has 0 saturated carbocycles. The van der Waals surface area contributed by atoms with Crippen molar-refractivity contribution in [3.8, 4) is 5.69 Å². The fourth-order valence-electron chi connectivity index (χ4n) is 3.35. The largest absolute Gasteiger partial charge is 0.314 e. The third-order valence-electron chi connectivity index (χ3n) is 4.39. The van der Waals surface area contributed by atoms with Gasteiger partial charge >= 0.3 is 0 Å². The lowest BCUT2D eigenvalue weighted by atomic mass is 10.0. The molecule has 0 fully saturated rings. The van der Waals surface area contributed by atoms with E-state index in [0.717, 1.165) is 22.6 Å². The van der Waals surface area contributed by atoms with Gasteiger partial charge in [-0.15, -0.1) is 0 Å². The molecule has 3 aromatic carbocycles. The van der Waals surface area contributed by atoms with Crippen LogP contribution < -0.4 is 0 Å². The maximum absolute atomic E-state index is 5.02. The molecule has 0 aliphatic carbocycles. The molecule has 2 nitrogen and oxygen atoms in total. The summed E-state index contributed by atoms with van der Waals surface area (Å²) in [5.41, 5.74) is 6.70. The van der Waals surface area contributed by atoms with Gasteiger partial charge in [-0.05, 0) is 18.2 Å². The molecule has 0 atom stereocenters. The van der Waals surface area contributed by atoms with E-state index in [2.05, 4.69) is 77.5 Å². The van der Waals surface area contributed by atoms with E-state index in [1.165, 1.54) is 16.5 Å². The molecule has 4 aromatic rings. The minimum atomic E-state index is 1.00. The van der Waals surface area contributed by atoms with Crippen LogP contribution in [0.4, 0.5) is 5.69 Å². The highest BCUT2D eigenvalue weighted by atomic mass is 15.0. The second-order valence-corrected chi connectivity index (χ2v) is 5.74. The van der Waals surface area contributed by atoms with E-state index in [-0.39, 0.29) is 0 Å². The highest BCUT2D eigenvalue weighted by Crippen LogP contribution is 2.34. The third-order valence-corrected chi connectivity index (χ3v) is 4.39. The van der Waals surface area contributed by atoms with Crippen molar-refractivity contribution in [2.45, 2.75) is 0 Å². The fraction of sp³-hybridized carbons (Fsp3) is 0.